The van der Waals surface area contributed by atoms with Crippen molar-refractivity contribution in [3.63, 3.8) is 0 Å². The van der Waals surface area contributed by atoms with Crippen LogP contribution < -0.4 is 5.32 Å². The van der Waals surface area contributed by atoms with Crippen molar-refractivity contribution in [1.29, 1.82) is 0 Å². The van der Waals surface area contributed by atoms with Gasteiger partial charge in [0, 0.05) is 36.0 Å². The number of benzene rings is 1. The fourth-order valence-corrected chi connectivity index (χ4v) is 2.70. The number of nitrogens with zero attached hydrogens (tertiary/aromatic N) is 3. The van der Waals surface area contributed by atoms with Crippen molar-refractivity contribution >= 4 is 34.0 Å². The maximum Gasteiger partial charge on any atom is 0.269 e. The lowest BCUT2D eigenvalue weighted by atomic mass is 10.2. The van der Waals surface area contributed by atoms with Gasteiger partial charge in [-0.05, 0) is 23.8 Å². The van der Waals surface area contributed by atoms with Crippen LogP contribution in [0.15, 0.2) is 48.1 Å². The molecule has 8 heteroatoms. The van der Waals surface area contributed by atoms with Crippen LogP contribution in [-0.2, 0) is 11.3 Å². The number of fused-ring (bicyclic) bond motifs is 1. The lowest BCUT2D eigenvalue weighted by molar-refractivity contribution is -0.384. The van der Waals surface area contributed by atoms with Crippen LogP contribution in [0.25, 0.3) is 11.0 Å². The fraction of sp³-hybridized carbons (Fsp3) is 0.0667. The van der Waals surface area contributed by atoms with Gasteiger partial charge in [-0.1, -0.05) is 0 Å². The summed E-state index contributed by atoms with van der Waals surface area (Å²) in [5.74, 6) is -0.250. The number of rotatable bonds is 5. The largest absolute Gasteiger partial charge is 0.347 e. The van der Waals surface area contributed by atoms with Gasteiger partial charge in [0.25, 0.3) is 5.69 Å². The second-order valence-electron chi connectivity index (χ2n) is 4.72. The minimum absolute atomic E-state index is 0.0198. The Kier molecular flexibility index (Phi) is 4.15. The summed E-state index contributed by atoms with van der Waals surface area (Å²) < 4.78 is 1.90. The normalized spacial score (nSPS) is 11.1. The molecule has 2 aromatic heterocycles. The molecule has 0 saturated heterocycles. The van der Waals surface area contributed by atoms with E-state index in [1.807, 2.05) is 22.2 Å². The number of nitro groups is 1. The Morgan fingerprint density at radius 1 is 1.39 bits per heavy atom. The van der Waals surface area contributed by atoms with Gasteiger partial charge in [0.05, 0.1) is 17.2 Å². The number of nitro benzene ring substituents is 1. The molecule has 0 bridgehead atoms. The summed E-state index contributed by atoms with van der Waals surface area (Å²) in [5.41, 5.74) is 1.52. The summed E-state index contributed by atoms with van der Waals surface area (Å²) in [6.45, 7) is 0.345. The molecule has 1 N–H and O–H groups in total. The minimum atomic E-state index is -0.462. The van der Waals surface area contributed by atoms with Gasteiger partial charge in [-0.3, -0.25) is 19.3 Å². The molecule has 2 heterocycles. The molecule has 1 amide bonds. The van der Waals surface area contributed by atoms with E-state index in [2.05, 4.69) is 10.3 Å². The molecule has 0 saturated carbocycles. The van der Waals surface area contributed by atoms with Gasteiger partial charge in [-0.15, -0.1) is 11.3 Å². The second-order valence-corrected chi connectivity index (χ2v) is 5.60. The number of hydrogen-bond donors (Lipinski definition) is 1. The number of nitrogens with one attached hydrogen (secondary N) is 1. The van der Waals surface area contributed by atoms with E-state index in [4.69, 9.17) is 0 Å². The third-order valence-corrected chi connectivity index (χ3v) is 3.89. The summed E-state index contributed by atoms with van der Waals surface area (Å²) in [6.07, 6.45) is 6.77. The van der Waals surface area contributed by atoms with Crippen LogP contribution in [0.3, 0.4) is 0 Å². The maximum atomic E-state index is 11.8. The van der Waals surface area contributed by atoms with E-state index in [-0.39, 0.29) is 11.6 Å². The number of amides is 1. The molecule has 23 heavy (non-hydrogen) atoms. The third kappa shape index (κ3) is 3.61. The lowest BCUT2D eigenvalue weighted by Crippen LogP contribution is -2.20. The van der Waals surface area contributed by atoms with Crippen molar-refractivity contribution in [2.75, 3.05) is 0 Å². The van der Waals surface area contributed by atoms with Gasteiger partial charge in [-0.2, -0.15) is 0 Å². The number of carbonyl (C=O) groups is 1. The maximum absolute atomic E-state index is 11.8. The first-order valence-corrected chi connectivity index (χ1v) is 7.61. The summed E-state index contributed by atoms with van der Waals surface area (Å²) in [5, 5.41) is 15.2. The standard InChI is InChI=1S/C15H12N4O3S/c20-14(6-3-11-1-4-13(5-2-11)19(21)22)16-9-12-10-18-7-8-23-15(18)17-12/h1-8,10H,9H2,(H,16,20)/b6-3+. The number of imidazole rings is 1. The molecule has 116 valence electrons. The highest BCUT2D eigenvalue weighted by atomic mass is 32.1. The first kappa shape index (κ1) is 14.9. The molecule has 0 aliphatic carbocycles. The molecule has 0 aliphatic heterocycles. The molecule has 1 aromatic carbocycles. The zero-order chi connectivity index (χ0) is 16.2. The van der Waals surface area contributed by atoms with E-state index in [1.165, 1.54) is 29.5 Å². The van der Waals surface area contributed by atoms with Crippen molar-refractivity contribution in [2.45, 2.75) is 6.54 Å². The number of carbonyl (C=O) groups excluding carboxylic acids is 1. The molecular weight excluding hydrogens is 316 g/mol. The molecule has 7 nitrogen and oxygen atoms in total. The number of hydrogen-bond acceptors (Lipinski definition) is 5. The average Bonchev–Trinajstić information content (AvgIpc) is 3.12. The Balaban J connectivity index is 1.55. The molecule has 3 rings (SSSR count). The topological polar surface area (TPSA) is 89.5 Å². The predicted molar refractivity (Wildman–Crippen MR) is 87.0 cm³/mol. The molecule has 0 aliphatic rings. The zero-order valence-corrected chi connectivity index (χ0v) is 12.7. The Labute approximate surface area is 135 Å². The van der Waals surface area contributed by atoms with E-state index in [9.17, 15) is 14.9 Å². The second kappa shape index (κ2) is 6.41. The molecule has 3 aromatic rings. The highest BCUT2D eigenvalue weighted by Crippen LogP contribution is 2.13. The van der Waals surface area contributed by atoms with Crippen LogP contribution in [0.5, 0.6) is 0 Å². The number of thiazole rings is 1. The van der Waals surface area contributed by atoms with Crippen LogP contribution >= 0.6 is 11.3 Å². The van der Waals surface area contributed by atoms with E-state index in [0.717, 1.165) is 10.7 Å². The molecule has 0 atom stereocenters. The number of aromatic nitrogens is 2. The quantitative estimate of drug-likeness (QED) is 0.443. The Morgan fingerprint density at radius 2 is 2.17 bits per heavy atom. The van der Waals surface area contributed by atoms with Gasteiger partial charge < -0.3 is 5.32 Å². The molecule has 0 unspecified atom stereocenters. The van der Waals surface area contributed by atoms with E-state index in [0.29, 0.717) is 12.1 Å². The van der Waals surface area contributed by atoms with Crippen LogP contribution in [0, 0.1) is 10.1 Å². The fourth-order valence-electron chi connectivity index (χ4n) is 1.98. The van der Waals surface area contributed by atoms with E-state index < -0.39 is 4.92 Å². The predicted octanol–water partition coefficient (Wildman–Crippen LogP) is 2.63. The molecule has 0 fully saturated rings. The van der Waals surface area contributed by atoms with Crippen molar-refractivity contribution in [3.05, 3.63) is 69.5 Å². The van der Waals surface area contributed by atoms with Gasteiger partial charge in [0.1, 0.15) is 0 Å². The van der Waals surface area contributed by atoms with Gasteiger partial charge in [0.2, 0.25) is 5.91 Å². The summed E-state index contributed by atoms with van der Waals surface area (Å²) >= 11 is 1.53. The van der Waals surface area contributed by atoms with Crippen molar-refractivity contribution in [1.82, 2.24) is 14.7 Å². The van der Waals surface area contributed by atoms with Crippen molar-refractivity contribution < 1.29 is 9.72 Å². The summed E-state index contributed by atoms with van der Waals surface area (Å²) in [4.78, 5) is 27.1. The average molecular weight is 328 g/mol. The summed E-state index contributed by atoms with van der Waals surface area (Å²) in [6, 6.07) is 5.97. The van der Waals surface area contributed by atoms with E-state index in [1.54, 1.807) is 18.2 Å². The Morgan fingerprint density at radius 3 is 2.87 bits per heavy atom. The molecular formula is C15H12N4O3S. The third-order valence-electron chi connectivity index (χ3n) is 3.12. The first-order chi connectivity index (χ1) is 11.1. The highest BCUT2D eigenvalue weighted by molar-refractivity contribution is 7.15. The van der Waals surface area contributed by atoms with Crippen LogP contribution in [0.1, 0.15) is 11.3 Å². The van der Waals surface area contributed by atoms with Crippen LogP contribution in [-0.4, -0.2) is 20.2 Å². The van der Waals surface area contributed by atoms with Gasteiger partial charge in [0.15, 0.2) is 4.96 Å². The molecule has 0 spiro atoms. The monoisotopic (exact) mass is 328 g/mol. The van der Waals surface area contributed by atoms with Crippen molar-refractivity contribution in [2.24, 2.45) is 0 Å². The first-order valence-electron chi connectivity index (χ1n) is 6.73. The number of non-ortho nitro benzene ring substituents is 1. The smallest absolute Gasteiger partial charge is 0.269 e. The van der Waals surface area contributed by atoms with Crippen LogP contribution in [0.2, 0.25) is 0 Å². The van der Waals surface area contributed by atoms with Gasteiger partial charge in [-0.25, -0.2) is 4.98 Å². The Bertz CT molecular complexity index is 851. The zero-order valence-electron chi connectivity index (χ0n) is 11.9. The van der Waals surface area contributed by atoms with Crippen LogP contribution in [0.4, 0.5) is 5.69 Å². The SMILES string of the molecule is O=C(/C=C/c1ccc([N+](=O)[O-])cc1)NCc1cn2ccsc2n1. The minimum Gasteiger partial charge on any atom is -0.347 e. The van der Waals surface area contributed by atoms with Crippen molar-refractivity contribution in [3.8, 4) is 0 Å². The van der Waals surface area contributed by atoms with E-state index >= 15 is 0 Å². The highest BCUT2D eigenvalue weighted by Gasteiger charge is 2.04. The lowest BCUT2D eigenvalue weighted by Gasteiger charge is -1.98. The molecule has 0 radical (unpaired) electrons. The summed E-state index contributed by atoms with van der Waals surface area (Å²) in [7, 11) is 0. The van der Waals surface area contributed by atoms with Gasteiger partial charge >= 0.3 is 0 Å². The Hall–Kier alpha value is -3.00.